The largest absolute Gasteiger partial charge is 0.497 e. The van der Waals surface area contributed by atoms with E-state index < -0.39 is 0 Å². The van der Waals surface area contributed by atoms with Crippen LogP contribution in [0.3, 0.4) is 0 Å². The molecule has 1 N–H and O–H groups in total. The van der Waals surface area contributed by atoms with Gasteiger partial charge in [-0.25, -0.2) is 4.98 Å². The van der Waals surface area contributed by atoms with E-state index in [-0.39, 0.29) is 11.7 Å². The van der Waals surface area contributed by atoms with Crippen LogP contribution in [0.25, 0.3) is 15.3 Å². The van der Waals surface area contributed by atoms with Crippen LogP contribution in [-0.2, 0) is 0 Å². The van der Waals surface area contributed by atoms with Gasteiger partial charge in [-0.3, -0.25) is 9.59 Å². The van der Waals surface area contributed by atoms with Gasteiger partial charge in [0.2, 0.25) is 5.13 Å². The molecule has 29 heavy (non-hydrogen) atoms. The van der Waals surface area contributed by atoms with Gasteiger partial charge in [0, 0.05) is 23.3 Å². The first-order valence-electron chi connectivity index (χ1n) is 8.88. The third-order valence-corrected chi connectivity index (χ3v) is 5.40. The van der Waals surface area contributed by atoms with Gasteiger partial charge in [-0.2, -0.15) is 9.78 Å². The summed E-state index contributed by atoms with van der Waals surface area (Å²) in [6.45, 7) is 3.34. The van der Waals surface area contributed by atoms with E-state index in [4.69, 9.17) is 4.74 Å². The van der Waals surface area contributed by atoms with E-state index in [1.807, 2.05) is 25.1 Å². The van der Waals surface area contributed by atoms with E-state index in [0.717, 1.165) is 21.7 Å². The number of benzene rings is 2. The van der Waals surface area contributed by atoms with Crippen molar-refractivity contribution in [2.45, 2.75) is 13.8 Å². The number of methoxy groups -OCH3 is 1. The summed E-state index contributed by atoms with van der Waals surface area (Å²) >= 11 is 1.47. The molecule has 2 heterocycles. The zero-order valence-electron chi connectivity index (χ0n) is 16.1. The third kappa shape index (κ3) is 3.74. The first-order valence-corrected chi connectivity index (χ1v) is 9.70. The molecule has 4 aromatic rings. The Morgan fingerprint density at radius 3 is 2.48 bits per heavy atom. The second-order valence-electron chi connectivity index (χ2n) is 6.50. The van der Waals surface area contributed by atoms with Crippen molar-refractivity contribution in [3.8, 4) is 10.9 Å². The predicted octanol–water partition coefficient (Wildman–Crippen LogP) is 4.25. The van der Waals surface area contributed by atoms with Gasteiger partial charge in [0.05, 0.1) is 23.0 Å². The summed E-state index contributed by atoms with van der Waals surface area (Å²) < 4.78 is 7.87. The Balaban J connectivity index is 1.64. The number of thiazole rings is 1. The molecule has 7 nitrogen and oxygen atoms in total. The number of carbonyl (C=O) groups excluding carboxylic acids is 2. The molecule has 0 radical (unpaired) electrons. The summed E-state index contributed by atoms with van der Waals surface area (Å²) in [4.78, 5) is 28.7. The zero-order chi connectivity index (χ0) is 20.5. The lowest BCUT2D eigenvalue weighted by molar-refractivity contribution is 0.100. The Morgan fingerprint density at radius 1 is 1.07 bits per heavy atom. The summed E-state index contributed by atoms with van der Waals surface area (Å²) in [5.74, 6) is 0.921. The van der Waals surface area contributed by atoms with E-state index in [1.165, 1.54) is 18.3 Å². The van der Waals surface area contributed by atoms with E-state index in [1.54, 1.807) is 42.1 Å². The fourth-order valence-corrected chi connectivity index (χ4v) is 3.80. The van der Waals surface area contributed by atoms with Gasteiger partial charge in [-0.05, 0) is 38.1 Å². The van der Waals surface area contributed by atoms with Crippen molar-refractivity contribution in [1.82, 2.24) is 14.8 Å². The minimum absolute atomic E-state index is 0.0434. The number of Topliss-reactive ketones (excluding diaryl/α,β-unsaturated/α-hetero) is 1. The summed E-state index contributed by atoms with van der Waals surface area (Å²) in [5, 5.41) is 8.00. The van der Waals surface area contributed by atoms with Crippen LogP contribution in [0.5, 0.6) is 5.75 Å². The number of rotatable bonds is 5. The number of carbonyl (C=O) groups is 2. The molecular formula is C21H18N4O3S. The Hall–Kier alpha value is -3.52. The molecule has 0 spiro atoms. The lowest BCUT2D eigenvalue weighted by Crippen LogP contribution is -2.15. The number of anilines is 1. The maximum absolute atomic E-state index is 12.7. The van der Waals surface area contributed by atoms with Crippen LogP contribution in [0.4, 0.5) is 5.82 Å². The fraction of sp³-hybridized carbons (Fsp3) is 0.143. The Kier molecular flexibility index (Phi) is 4.85. The second kappa shape index (κ2) is 7.48. The standard InChI is InChI=1S/C21H18N4O3S/c1-12-10-19(23-20(27)15-6-4-14(5-7-15)13(2)26)25(24-12)21-22-17-11-16(28-3)8-9-18(17)29-21/h4-11H,1-3H3,(H,23,27). The predicted molar refractivity (Wildman–Crippen MR) is 112 cm³/mol. The highest BCUT2D eigenvalue weighted by Crippen LogP contribution is 2.29. The van der Waals surface area contributed by atoms with Crippen LogP contribution < -0.4 is 10.1 Å². The maximum atomic E-state index is 12.7. The zero-order valence-corrected chi connectivity index (χ0v) is 16.9. The highest BCUT2D eigenvalue weighted by atomic mass is 32.1. The molecule has 0 aliphatic carbocycles. The number of hydrogen-bond donors (Lipinski definition) is 1. The van der Waals surface area contributed by atoms with Crippen LogP contribution in [0, 0.1) is 6.92 Å². The molecule has 0 atom stereocenters. The molecule has 4 rings (SSSR count). The average Bonchev–Trinajstić information content (AvgIpc) is 3.30. The Labute approximate surface area is 171 Å². The first kappa shape index (κ1) is 18.8. The molecule has 0 fully saturated rings. The number of nitrogens with zero attached hydrogens (tertiary/aromatic N) is 3. The summed E-state index contributed by atoms with van der Waals surface area (Å²) in [7, 11) is 1.61. The molecule has 2 aromatic heterocycles. The van der Waals surface area contributed by atoms with Gasteiger partial charge in [0.1, 0.15) is 11.6 Å². The average molecular weight is 406 g/mol. The lowest BCUT2D eigenvalue weighted by atomic mass is 10.1. The maximum Gasteiger partial charge on any atom is 0.256 e. The lowest BCUT2D eigenvalue weighted by Gasteiger charge is -2.07. The number of aromatic nitrogens is 3. The molecule has 2 aromatic carbocycles. The van der Waals surface area contributed by atoms with Gasteiger partial charge in [0.15, 0.2) is 5.78 Å². The van der Waals surface area contributed by atoms with Crippen LogP contribution in [0.2, 0.25) is 0 Å². The Morgan fingerprint density at radius 2 is 1.79 bits per heavy atom. The molecule has 0 aliphatic rings. The van der Waals surface area contributed by atoms with Crippen molar-refractivity contribution in [3.05, 3.63) is 65.4 Å². The van der Waals surface area contributed by atoms with Crippen molar-refractivity contribution in [3.63, 3.8) is 0 Å². The van der Waals surface area contributed by atoms with Gasteiger partial charge >= 0.3 is 0 Å². The molecule has 1 amide bonds. The monoisotopic (exact) mass is 406 g/mol. The van der Waals surface area contributed by atoms with Crippen molar-refractivity contribution in [2.75, 3.05) is 12.4 Å². The SMILES string of the molecule is COc1ccc2sc(-n3nc(C)cc3NC(=O)c3ccc(C(C)=O)cc3)nc2c1. The second-order valence-corrected chi connectivity index (χ2v) is 7.51. The molecule has 0 bridgehead atoms. The van der Waals surface area contributed by atoms with Crippen LogP contribution in [0.15, 0.2) is 48.5 Å². The summed E-state index contributed by atoms with van der Waals surface area (Å²) in [6.07, 6.45) is 0. The van der Waals surface area contributed by atoms with E-state index in [9.17, 15) is 9.59 Å². The van der Waals surface area contributed by atoms with Gasteiger partial charge in [-0.1, -0.05) is 23.5 Å². The molecule has 0 unspecified atom stereocenters. The molecule has 0 saturated carbocycles. The van der Waals surface area contributed by atoms with Crippen LogP contribution in [0.1, 0.15) is 33.3 Å². The van der Waals surface area contributed by atoms with E-state index in [2.05, 4.69) is 15.4 Å². The number of nitrogens with one attached hydrogen (secondary N) is 1. The van der Waals surface area contributed by atoms with E-state index in [0.29, 0.717) is 22.1 Å². The normalized spacial score (nSPS) is 10.9. The fourth-order valence-electron chi connectivity index (χ4n) is 2.89. The molecule has 0 aliphatic heterocycles. The quantitative estimate of drug-likeness (QED) is 0.501. The first-order chi connectivity index (χ1) is 13.9. The third-order valence-electron chi connectivity index (χ3n) is 4.39. The number of fused-ring (bicyclic) bond motifs is 1. The van der Waals surface area contributed by atoms with Crippen LogP contribution in [-0.4, -0.2) is 33.6 Å². The molecular weight excluding hydrogens is 388 g/mol. The molecule has 0 saturated heterocycles. The van der Waals surface area contributed by atoms with Crippen molar-refractivity contribution >= 4 is 39.1 Å². The highest BCUT2D eigenvalue weighted by molar-refractivity contribution is 7.20. The van der Waals surface area contributed by atoms with E-state index >= 15 is 0 Å². The molecule has 146 valence electrons. The number of ether oxygens (including phenoxy) is 1. The van der Waals surface area contributed by atoms with Gasteiger partial charge in [-0.15, -0.1) is 0 Å². The molecule has 8 heteroatoms. The number of hydrogen-bond acceptors (Lipinski definition) is 6. The summed E-state index contributed by atoms with van der Waals surface area (Å²) in [5.41, 5.74) is 2.57. The van der Waals surface area contributed by atoms with Crippen molar-refractivity contribution in [1.29, 1.82) is 0 Å². The minimum atomic E-state index is -0.288. The number of amides is 1. The van der Waals surface area contributed by atoms with Crippen LogP contribution >= 0.6 is 11.3 Å². The highest BCUT2D eigenvalue weighted by Gasteiger charge is 2.16. The van der Waals surface area contributed by atoms with Crippen molar-refractivity contribution in [2.24, 2.45) is 0 Å². The van der Waals surface area contributed by atoms with Gasteiger partial charge in [0.25, 0.3) is 5.91 Å². The smallest absolute Gasteiger partial charge is 0.256 e. The summed E-state index contributed by atoms with van der Waals surface area (Å²) in [6, 6.07) is 14.0. The minimum Gasteiger partial charge on any atom is -0.497 e. The number of ketones is 1. The van der Waals surface area contributed by atoms with Gasteiger partial charge < -0.3 is 10.1 Å². The Bertz CT molecular complexity index is 1220. The topological polar surface area (TPSA) is 86.1 Å². The number of aryl methyl sites for hydroxylation is 1. The van der Waals surface area contributed by atoms with Crippen molar-refractivity contribution < 1.29 is 14.3 Å².